The molecule has 0 heterocycles. The minimum atomic E-state index is -4.20. The van der Waals surface area contributed by atoms with Gasteiger partial charge in [-0.3, -0.25) is 0 Å². The number of ether oxygens (including phenoxy) is 1. The summed E-state index contributed by atoms with van der Waals surface area (Å²) in [5, 5.41) is 3.69. The van der Waals surface area contributed by atoms with Crippen LogP contribution in [-0.2, 0) is 0 Å². The van der Waals surface area contributed by atoms with Crippen molar-refractivity contribution in [1.29, 1.82) is 0 Å². The first-order valence-corrected chi connectivity index (χ1v) is 7.46. The number of halogens is 5. The molecule has 1 aromatic carbocycles. The molecule has 2 nitrogen and oxygen atoms in total. The van der Waals surface area contributed by atoms with Gasteiger partial charge in [0.2, 0.25) is 0 Å². The van der Waals surface area contributed by atoms with Gasteiger partial charge in [0.25, 0.3) is 0 Å². The van der Waals surface area contributed by atoms with Gasteiger partial charge in [-0.15, -0.1) is 0 Å². The van der Waals surface area contributed by atoms with E-state index in [4.69, 9.17) is 27.9 Å². The Bertz CT molecular complexity index is 466. The first kappa shape index (κ1) is 18.4. The summed E-state index contributed by atoms with van der Waals surface area (Å²) < 4.78 is 42.5. The van der Waals surface area contributed by atoms with Crippen LogP contribution in [-0.4, -0.2) is 19.3 Å². The molecule has 0 fully saturated rings. The third-order valence-electron chi connectivity index (χ3n) is 2.89. The number of benzene rings is 1. The molecule has 0 bridgehead atoms. The van der Waals surface area contributed by atoms with Crippen LogP contribution in [0.25, 0.3) is 0 Å². The highest BCUT2D eigenvalue weighted by atomic mass is 35.5. The number of alkyl halides is 3. The van der Waals surface area contributed by atoms with Crippen molar-refractivity contribution in [3.8, 4) is 5.75 Å². The van der Waals surface area contributed by atoms with Crippen molar-refractivity contribution < 1.29 is 17.9 Å². The summed E-state index contributed by atoms with van der Waals surface area (Å²) in [5.41, 5.74) is 0.552. The van der Waals surface area contributed by atoms with Crippen LogP contribution in [0.2, 0.25) is 10.0 Å². The Kier molecular flexibility index (Phi) is 7.10. The number of nitrogens with one attached hydrogen (secondary N) is 1. The summed E-state index contributed by atoms with van der Waals surface area (Å²) >= 11 is 12.2. The van der Waals surface area contributed by atoms with Crippen molar-refractivity contribution in [2.75, 3.05) is 13.2 Å². The van der Waals surface area contributed by atoms with Crippen LogP contribution in [0.15, 0.2) is 12.1 Å². The summed E-state index contributed by atoms with van der Waals surface area (Å²) in [6.07, 6.45) is -5.18. The highest BCUT2D eigenvalue weighted by Crippen LogP contribution is 2.36. The minimum Gasteiger partial charge on any atom is -0.492 e. The van der Waals surface area contributed by atoms with Crippen LogP contribution >= 0.6 is 23.2 Å². The lowest BCUT2D eigenvalue weighted by molar-refractivity contribution is -0.136. The molecule has 0 spiro atoms. The van der Waals surface area contributed by atoms with Gasteiger partial charge in [0.15, 0.2) is 0 Å². The molecule has 0 aliphatic heterocycles. The molecule has 1 unspecified atom stereocenters. The zero-order valence-electron chi connectivity index (χ0n) is 11.9. The van der Waals surface area contributed by atoms with E-state index in [1.54, 1.807) is 12.1 Å². The fourth-order valence-electron chi connectivity index (χ4n) is 2.00. The number of rotatable bonds is 7. The van der Waals surface area contributed by atoms with Crippen molar-refractivity contribution in [3.63, 3.8) is 0 Å². The van der Waals surface area contributed by atoms with Gasteiger partial charge in [0.05, 0.1) is 11.6 Å². The first-order valence-electron chi connectivity index (χ1n) is 6.70. The molecule has 7 heteroatoms. The van der Waals surface area contributed by atoms with E-state index < -0.39 is 18.6 Å². The van der Waals surface area contributed by atoms with E-state index in [0.29, 0.717) is 34.5 Å². The van der Waals surface area contributed by atoms with E-state index in [0.717, 1.165) is 0 Å². The minimum absolute atomic E-state index is 0.0959. The molecule has 0 amide bonds. The quantitative estimate of drug-likeness (QED) is 0.717. The third kappa shape index (κ3) is 5.93. The zero-order valence-corrected chi connectivity index (χ0v) is 13.4. The average Bonchev–Trinajstić information content (AvgIpc) is 2.38. The van der Waals surface area contributed by atoms with Gasteiger partial charge in [-0.1, -0.05) is 30.1 Å². The lowest BCUT2D eigenvalue weighted by Crippen LogP contribution is -2.23. The Morgan fingerprint density at radius 2 is 1.86 bits per heavy atom. The molecule has 1 aromatic rings. The SMILES string of the molecule is CCNC(CCC(F)(F)F)c1cc(Cl)c(OCC)cc1Cl. The fourth-order valence-corrected chi connectivity index (χ4v) is 2.51. The Morgan fingerprint density at radius 3 is 2.38 bits per heavy atom. The van der Waals surface area contributed by atoms with E-state index in [-0.39, 0.29) is 6.42 Å². The first-order chi connectivity index (χ1) is 9.78. The van der Waals surface area contributed by atoms with Crippen LogP contribution in [0.5, 0.6) is 5.75 Å². The van der Waals surface area contributed by atoms with Gasteiger partial charge in [-0.2, -0.15) is 13.2 Å². The smallest absolute Gasteiger partial charge is 0.389 e. The van der Waals surface area contributed by atoms with Crippen molar-refractivity contribution in [2.24, 2.45) is 0 Å². The average molecular weight is 344 g/mol. The number of hydrogen-bond acceptors (Lipinski definition) is 2. The standard InChI is InChI=1S/C14H18Cl2F3NO/c1-3-20-12(5-6-14(17,18)19)9-7-11(16)13(21-4-2)8-10(9)15/h7-8,12,20H,3-6H2,1-2H3. The van der Waals surface area contributed by atoms with Crippen molar-refractivity contribution in [3.05, 3.63) is 27.7 Å². The zero-order chi connectivity index (χ0) is 16.0. The molecule has 1 N–H and O–H groups in total. The van der Waals surface area contributed by atoms with Crippen LogP contribution in [0.4, 0.5) is 13.2 Å². The fraction of sp³-hybridized carbons (Fsp3) is 0.571. The summed E-state index contributed by atoms with van der Waals surface area (Å²) in [5.74, 6) is 0.430. The van der Waals surface area contributed by atoms with Crippen molar-refractivity contribution in [2.45, 2.75) is 38.9 Å². The second-order valence-corrected chi connectivity index (χ2v) is 5.32. The predicted molar refractivity (Wildman–Crippen MR) is 79.3 cm³/mol. The van der Waals surface area contributed by atoms with Crippen molar-refractivity contribution in [1.82, 2.24) is 5.32 Å². The molecule has 1 atom stereocenters. The second-order valence-electron chi connectivity index (χ2n) is 4.50. The maximum atomic E-state index is 12.4. The predicted octanol–water partition coefficient (Wildman–Crippen LogP) is 5.39. The lowest BCUT2D eigenvalue weighted by atomic mass is 10.0. The highest BCUT2D eigenvalue weighted by Gasteiger charge is 2.29. The van der Waals surface area contributed by atoms with Crippen LogP contribution < -0.4 is 10.1 Å². The Labute approximate surface area is 132 Å². The topological polar surface area (TPSA) is 21.3 Å². The second kappa shape index (κ2) is 8.11. The molecule has 21 heavy (non-hydrogen) atoms. The molecule has 0 saturated heterocycles. The van der Waals surface area contributed by atoms with E-state index >= 15 is 0 Å². The van der Waals surface area contributed by atoms with E-state index in [1.807, 2.05) is 13.8 Å². The maximum Gasteiger partial charge on any atom is 0.389 e. The van der Waals surface area contributed by atoms with Gasteiger partial charge in [-0.25, -0.2) is 0 Å². The summed E-state index contributed by atoms with van der Waals surface area (Å²) in [4.78, 5) is 0. The summed E-state index contributed by atoms with van der Waals surface area (Å²) in [6.45, 7) is 4.59. The Hall–Kier alpha value is -0.650. The van der Waals surface area contributed by atoms with Crippen molar-refractivity contribution >= 4 is 23.2 Å². The molecule has 120 valence electrons. The molecular weight excluding hydrogens is 326 g/mol. The molecule has 0 aromatic heterocycles. The third-order valence-corrected chi connectivity index (χ3v) is 3.52. The molecule has 1 rings (SSSR count). The van der Waals surface area contributed by atoms with E-state index in [1.165, 1.54) is 0 Å². The lowest BCUT2D eigenvalue weighted by Gasteiger charge is -2.21. The van der Waals surface area contributed by atoms with E-state index in [9.17, 15) is 13.2 Å². The Morgan fingerprint density at radius 1 is 1.19 bits per heavy atom. The van der Waals surface area contributed by atoms with Gasteiger partial charge < -0.3 is 10.1 Å². The van der Waals surface area contributed by atoms with Gasteiger partial charge >= 0.3 is 6.18 Å². The molecule has 0 radical (unpaired) electrons. The molecular formula is C14H18Cl2F3NO. The van der Waals surface area contributed by atoms with Crippen LogP contribution in [0.3, 0.4) is 0 Å². The highest BCUT2D eigenvalue weighted by molar-refractivity contribution is 6.34. The van der Waals surface area contributed by atoms with Gasteiger partial charge in [0.1, 0.15) is 5.75 Å². The molecule has 0 aliphatic carbocycles. The summed E-state index contributed by atoms with van der Waals surface area (Å²) in [6, 6.07) is 2.61. The monoisotopic (exact) mass is 343 g/mol. The maximum absolute atomic E-state index is 12.4. The largest absolute Gasteiger partial charge is 0.492 e. The normalized spacial score (nSPS) is 13.3. The van der Waals surface area contributed by atoms with E-state index in [2.05, 4.69) is 5.32 Å². The van der Waals surface area contributed by atoms with Gasteiger partial charge in [-0.05, 0) is 31.5 Å². The van der Waals surface area contributed by atoms with Crippen LogP contribution in [0, 0.1) is 0 Å². The molecule has 0 aliphatic rings. The Balaban J connectivity index is 2.99. The van der Waals surface area contributed by atoms with Gasteiger partial charge in [0, 0.05) is 23.6 Å². The molecule has 0 saturated carbocycles. The van der Waals surface area contributed by atoms with Crippen LogP contribution in [0.1, 0.15) is 38.3 Å². The number of hydrogen-bond donors (Lipinski definition) is 1. The summed E-state index contributed by atoms with van der Waals surface area (Å²) in [7, 11) is 0.